The van der Waals surface area contributed by atoms with E-state index >= 15 is 0 Å². The van der Waals surface area contributed by atoms with E-state index in [0.29, 0.717) is 18.5 Å². The molecule has 2 aromatic heterocycles. The first kappa shape index (κ1) is 15.7. The normalized spacial score (nSPS) is 21.1. The zero-order valence-corrected chi connectivity index (χ0v) is 14.9. The number of fused-ring (bicyclic) bond motifs is 2. The molecule has 0 spiro atoms. The Kier molecular flexibility index (Phi) is 3.81. The highest BCUT2D eigenvalue weighted by Gasteiger charge is 2.31. The zero-order valence-electron chi connectivity index (χ0n) is 14.9. The molecule has 2 aliphatic heterocycles. The molecule has 0 aliphatic carbocycles. The van der Waals surface area contributed by atoms with Crippen molar-refractivity contribution in [3.63, 3.8) is 0 Å². The number of hydrogen-bond donors (Lipinski definition) is 0. The molecular weight excluding hydrogens is 328 g/mol. The van der Waals surface area contributed by atoms with Crippen molar-refractivity contribution in [2.75, 3.05) is 24.7 Å². The number of para-hydroxylation sites is 2. The first-order valence-electron chi connectivity index (χ1n) is 9.28. The topological polar surface area (TPSA) is 69.0 Å². The molecule has 5 rings (SSSR count). The standard InChI is InChI=1S/C19H22N6O/c1-13-11-24(17-10-20-15-4-2-3-5-16(15)21-17)12-18-22-23-19(25(13)18)14-6-8-26-9-7-14/h2-5,10,13-14H,6-9,11-12H2,1H3/t13-/m0/s1. The van der Waals surface area contributed by atoms with Gasteiger partial charge in [-0.25, -0.2) is 4.98 Å². The van der Waals surface area contributed by atoms with E-state index in [1.54, 1.807) is 0 Å². The average Bonchev–Trinajstić information content (AvgIpc) is 3.13. The Bertz CT molecular complexity index is 933. The van der Waals surface area contributed by atoms with Gasteiger partial charge < -0.3 is 14.2 Å². The van der Waals surface area contributed by atoms with Crippen LogP contribution >= 0.6 is 0 Å². The average molecular weight is 350 g/mol. The monoisotopic (exact) mass is 350 g/mol. The van der Waals surface area contributed by atoms with Gasteiger partial charge in [0, 0.05) is 25.7 Å². The minimum absolute atomic E-state index is 0.305. The summed E-state index contributed by atoms with van der Waals surface area (Å²) in [5.41, 5.74) is 1.85. The van der Waals surface area contributed by atoms with E-state index < -0.39 is 0 Å². The predicted molar refractivity (Wildman–Crippen MR) is 98.1 cm³/mol. The van der Waals surface area contributed by atoms with Crippen LogP contribution in [0.25, 0.3) is 11.0 Å². The third kappa shape index (κ3) is 2.63. The molecule has 1 atom stereocenters. The zero-order chi connectivity index (χ0) is 17.5. The van der Waals surface area contributed by atoms with Crippen LogP contribution in [0.4, 0.5) is 5.82 Å². The molecule has 4 heterocycles. The predicted octanol–water partition coefficient (Wildman–Crippen LogP) is 2.70. The van der Waals surface area contributed by atoms with Gasteiger partial charge in [0.15, 0.2) is 5.82 Å². The lowest BCUT2D eigenvalue weighted by molar-refractivity contribution is 0.0823. The van der Waals surface area contributed by atoms with Crippen LogP contribution in [-0.4, -0.2) is 44.5 Å². The minimum atomic E-state index is 0.305. The van der Waals surface area contributed by atoms with Crippen LogP contribution in [0.5, 0.6) is 0 Å². The first-order valence-corrected chi connectivity index (χ1v) is 9.28. The van der Waals surface area contributed by atoms with Crippen LogP contribution in [0.2, 0.25) is 0 Å². The van der Waals surface area contributed by atoms with E-state index in [1.807, 2.05) is 30.5 Å². The second kappa shape index (κ2) is 6.32. The Hall–Kier alpha value is -2.54. The van der Waals surface area contributed by atoms with Crippen LogP contribution in [0.3, 0.4) is 0 Å². The van der Waals surface area contributed by atoms with E-state index in [9.17, 15) is 0 Å². The van der Waals surface area contributed by atoms with E-state index in [0.717, 1.165) is 61.1 Å². The molecule has 134 valence electrons. The summed E-state index contributed by atoms with van der Waals surface area (Å²) >= 11 is 0. The first-order chi connectivity index (χ1) is 12.8. The van der Waals surface area contributed by atoms with E-state index in [-0.39, 0.29) is 0 Å². The third-order valence-electron chi connectivity index (χ3n) is 5.40. The van der Waals surface area contributed by atoms with Gasteiger partial charge in [-0.05, 0) is 31.9 Å². The van der Waals surface area contributed by atoms with Crippen LogP contribution in [0.1, 0.15) is 43.4 Å². The van der Waals surface area contributed by atoms with Crippen molar-refractivity contribution in [2.45, 2.75) is 38.3 Å². The lowest BCUT2D eigenvalue weighted by Crippen LogP contribution is -2.38. The molecular formula is C19H22N6O. The Morgan fingerprint density at radius 1 is 1.08 bits per heavy atom. The van der Waals surface area contributed by atoms with Crippen molar-refractivity contribution in [3.05, 3.63) is 42.1 Å². The van der Waals surface area contributed by atoms with Crippen molar-refractivity contribution in [1.29, 1.82) is 0 Å². The summed E-state index contributed by atoms with van der Waals surface area (Å²) in [6, 6.07) is 8.28. The Labute approximate surface area is 152 Å². The molecule has 0 saturated carbocycles. The highest BCUT2D eigenvalue weighted by Crippen LogP contribution is 2.32. The van der Waals surface area contributed by atoms with Gasteiger partial charge in [0.1, 0.15) is 11.6 Å². The van der Waals surface area contributed by atoms with Crippen LogP contribution in [-0.2, 0) is 11.3 Å². The summed E-state index contributed by atoms with van der Waals surface area (Å²) in [6.45, 7) is 5.47. The SMILES string of the molecule is C[C@H]1CN(c2cnc3ccccc3n2)Cc2nnc(C3CCOCC3)n21. The number of nitrogens with zero attached hydrogens (tertiary/aromatic N) is 6. The lowest BCUT2D eigenvalue weighted by Gasteiger charge is -2.34. The molecule has 0 radical (unpaired) electrons. The molecule has 1 fully saturated rings. The summed E-state index contributed by atoms with van der Waals surface area (Å²) in [5, 5.41) is 9.05. The number of aromatic nitrogens is 5. The second-order valence-corrected chi connectivity index (χ2v) is 7.18. The summed E-state index contributed by atoms with van der Waals surface area (Å²) in [5.74, 6) is 3.50. The maximum absolute atomic E-state index is 5.50. The number of hydrogen-bond acceptors (Lipinski definition) is 6. The summed E-state index contributed by atoms with van der Waals surface area (Å²) in [6.07, 6.45) is 3.93. The van der Waals surface area contributed by atoms with Crippen LogP contribution < -0.4 is 4.90 Å². The van der Waals surface area contributed by atoms with Crippen molar-refractivity contribution >= 4 is 16.9 Å². The van der Waals surface area contributed by atoms with Gasteiger partial charge >= 0.3 is 0 Å². The minimum Gasteiger partial charge on any atom is -0.381 e. The highest BCUT2D eigenvalue weighted by atomic mass is 16.5. The molecule has 0 bridgehead atoms. The van der Waals surface area contributed by atoms with Crippen LogP contribution in [0.15, 0.2) is 30.5 Å². The fourth-order valence-electron chi connectivity index (χ4n) is 4.07. The van der Waals surface area contributed by atoms with E-state index in [1.165, 1.54) is 0 Å². The molecule has 3 aromatic rings. The van der Waals surface area contributed by atoms with Gasteiger partial charge in [0.25, 0.3) is 0 Å². The van der Waals surface area contributed by atoms with Gasteiger partial charge in [-0.1, -0.05) is 12.1 Å². The summed E-state index contributed by atoms with van der Waals surface area (Å²) in [7, 11) is 0. The summed E-state index contributed by atoms with van der Waals surface area (Å²) < 4.78 is 7.83. The van der Waals surface area contributed by atoms with E-state index in [4.69, 9.17) is 9.72 Å². The van der Waals surface area contributed by atoms with Crippen LogP contribution in [0, 0.1) is 0 Å². The number of ether oxygens (including phenoxy) is 1. The second-order valence-electron chi connectivity index (χ2n) is 7.18. The van der Waals surface area contributed by atoms with Gasteiger partial charge in [0.05, 0.1) is 29.8 Å². The molecule has 1 aromatic carbocycles. The molecule has 26 heavy (non-hydrogen) atoms. The van der Waals surface area contributed by atoms with Crippen molar-refractivity contribution in [1.82, 2.24) is 24.7 Å². The van der Waals surface area contributed by atoms with Gasteiger partial charge in [-0.15, -0.1) is 10.2 Å². The fraction of sp³-hybridized carbons (Fsp3) is 0.474. The fourth-order valence-corrected chi connectivity index (χ4v) is 4.07. The van der Waals surface area contributed by atoms with Gasteiger partial charge in [0.2, 0.25) is 0 Å². The number of rotatable bonds is 2. The third-order valence-corrected chi connectivity index (χ3v) is 5.40. The largest absolute Gasteiger partial charge is 0.381 e. The quantitative estimate of drug-likeness (QED) is 0.708. The number of benzene rings is 1. The smallest absolute Gasteiger partial charge is 0.152 e. The Balaban J connectivity index is 1.45. The lowest BCUT2D eigenvalue weighted by atomic mass is 9.99. The Morgan fingerprint density at radius 3 is 2.73 bits per heavy atom. The maximum atomic E-state index is 5.50. The molecule has 7 heteroatoms. The molecule has 7 nitrogen and oxygen atoms in total. The van der Waals surface area contributed by atoms with E-state index in [2.05, 4.69) is 31.6 Å². The maximum Gasteiger partial charge on any atom is 0.152 e. The van der Waals surface area contributed by atoms with Gasteiger partial charge in [-0.3, -0.25) is 4.98 Å². The van der Waals surface area contributed by atoms with Crippen molar-refractivity contribution in [2.24, 2.45) is 0 Å². The number of anilines is 1. The Morgan fingerprint density at radius 2 is 1.88 bits per heavy atom. The highest BCUT2D eigenvalue weighted by molar-refractivity contribution is 5.75. The van der Waals surface area contributed by atoms with Crippen molar-refractivity contribution in [3.8, 4) is 0 Å². The molecule has 0 unspecified atom stereocenters. The summed E-state index contributed by atoms with van der Waals surface area (Å²) in [4.78, 5) is 11.6. The molecule has 0 N–H and O–H groups in total. The van der Waals surface area contributed by atoms with Gasteiger partial charge in [-0.2, -0.15) is 0 Å². The molecule has 2 aliphatic rings. The molecule has 1 saturated heterocycles. The molecule has 0 amide bonds. The van der Waals surface area contributed by atoms with Crippen molar-refractivity contribution < 1.29 is 4.74 Å².